The van der Waals surface area contributed by atoms with Gasteiger partial charge in [-0.2, -0.15) is 11.3 Å². The summed E-state index contributed by atoms with van der Waals surface area (Å²) in [5, 5.41) is 10.1. The molecule has 0 spiro atoms. The van der Waals surface area contributed by atoms with Crippen LogP contribution in [0.5, 0.6) is 0 Å². The van der Waals surface area contributed by atoms with Crippen molar-refractivity contribution in [2.75, 3.05) is 26.2 Å². The summed E-state index contributed by atoms with van der Waals surface area (Å²) in [5.74, 6) is -0.244. The molecule has 0 unspecified atom stereocenters. The van der Waals surface area contributed by atoms with Gasteiger partial charge in [0, 0.05) is 35.5 Å². The molecule has 2 amide bonds. The Hall–Kier alpha value is -1.89. The lowest BCUT2D eigenvalue weighted by Gasteiger charge is -2.31. The molecule has 0 aliphatic carbocycles. The van der Waals surface area contributed by atoms with Crippen LogP contribution in [0.2, 0.25) is 5.02 Å². The third-order valence-corrected chi connectivity index (χ3v) is 5.46. The Kier molecular flexibility index (Phi) is 8.78. The average molecular weight is 408 g/mol. The first-order valence-corrected chi connectivity index (χ1v) is 10.4. The number of nitrogens with zero attached hydrogens (tertiary/aromatic N) is 1. The van der Waals surface area contributed by atoms with E-state index in [1.165, 1.54) is 11.3 Å². The highest BCUT2D eigenvalue weighted by molar-refractivity contribution is 7.08. The van der Waals surface area contributed by atoms with Gasteiger partial charge in [0.1, 0.15) is 0 Å². The second-order valence-electron chi connectivity index (χ2n) is 6.08. The topological polar surface area (TPSA) is 61.4 Å². The number of carbonyl (C=O) groups excluding carboxylic acids is 2. The fraction of sp³-hybridized carbons (Fsp3) is 0.400. The van der Waals surface area contributed by atoms with Crippen LogP contribution in [0.15, 0.2) is 41.1 Å². The summed E-state index contributed by atoms with van der Waals surface area (Å²) in [4.78, 5) is 26.4. The molecule has 0 fully saturated rings. The second kappa shape index (κ2) is 11.1. The van der Waals surface area contributed by atoms with Crippen LogP contribution in [-0.2, 0) is 4.79 Å². The van der Waals surface area contributed by atoms with Crippen LogP contribution in [0.4, 0.5) is 0 Å². The summed E-state index contributed by atoms with van der Waals surface area (Å²) >= 11 is 7.84. The Morgan fingerprint density at radius 1 is 1.15 bits per heavy atom. The molecule has 0 aliphatic heterocycles. The van der Waals surface area contributed by atoms with Gasteiger partial charge in [-0.1, -0.05) is 43.6 Å². The van der Waals surface area contributed by atoms with Gasteiger partial charge in [0.2, 0.25) is 5.91 Å². The van der Waals surface area contributed by atoms with E-state index >= 15 is 0 Å². The number of amides is 2. The highest BCUT2D eigenvalue weighted by Gasteiger charge is 2.21. The number of halogens is 1. The van der Waals surface area contributed by atoms with Crippen molar-refractivity contribution >= 4 is 34.8 Å². The minimum atomic E-state index is -0.152. The predicted molar refractivity (Wildman–Crippen MR) is 111 cm³/mol. The van der Waals surface area contributed by atoms with Crippen molar-refractivity contribution < 1.29 is 9.59 Å². The van der Waals surface area contributed by atoms with E-state index in [4.69, 9.17) is 11.6 Å². The number of thiophene rings is 1. The van der Waals surface area contributed by atoms with Crippen molar-refractivity contribution in [2.24, 2.45) is 0 Å². The van der Waals surface area contributed by atoms with Gasteiger partial charge >= 0.3 is 0 Å². The summed E-state index contributed by atoms with van der Waals surface area (Å²) in [7, 11) is 0. The molecule has 1 heterocycles. The molecular weight excluding hydrogens is 382 g/mol. The van der Waals surface area contributed by atoms with E-state index in [2.05, 4.69) is 29.4 Å². The summed E-state index contributed by atoms with van der Waals surface area (Å²) in [6.07, 6.45) is 0.239. The van der Waals surface area contributed by atoms with Gasteiger partial charge in [0.25, 0.3) is 5.91 Å². The lowest BCUT2D eigenvalue weighted by Crippen LogP contribution is -2.39. The normalized spacial score (nSPS) is 12.0. The molecule has 0 aliphatic rings. The minimum Gasteiger partial charge on any atom is -0.354 e. The van der Waals surface area contributed by atoms with Crippen molar-refractivity contribution in [1.82, 2.24) is 15.5 Å². The third-order valence-electron chi connectivity index (χ3n) is 4.43. The number of nitrogens with one attached hydrogen (secondary N) is 2. The van der Waals surface area contributed by atoms with Gasteiger partial charge in [-0.05, 0) is 36.2 Å². The zero-order valence-electron chi connectivity index (χ0n) is 15.7. The highest BCUT2D eigenvalue weighted by Crippen LogP contribution is 2.26. The smallest absolute Gasteiger partial charge is 0.252 e. The third kappa shape index (κ3) is 6.34. The Labute approximate surface area is 169 Å². The number of hydrogen-bond donors (Lipinski definition) is 2. The molecule has 1 atom stereocenters. The maximum Gasteiger partial charge on any atom is 0.252 e. The predicted octanol–water partition coefficient (Wildman–Crippen LogP) is 3.72. The summed E-state index contributed by atoms with van der Waals surface area (Å²) in [6, 6.07) is 9.50. The van der Waals surface area contributed by atoms with Gasteiger partial charge in [0.15, 0.2) is 0 Å². The first-order chi connectivity index (χ1) is 13.1. The van der Waals surface area contributed by atoms with Crippen LogP contribution in [0.1, 0.15) is 42.2 Å². The fourth-order valence-electron chi connectivity index (χ4n) is 2.93. The van der Waals surface area contributed by atoms with Crippen molar-refractivity contribution in [3.63, 3.8) is 0 Å². The molecule has 0 radical (unpaired) electrons. The quantitative estimate of drug-likeness (QED) is 0.631. The van der Waals surface area contributed by atoms with E-state index in [0.29, 0.717) is 23.7 Å². The Balaban J connectivity index is 1.87. The number of carbonyl (C=O) groups is 2. The Morgan fingerprint density at radius 3 is 2.52 bits per heavy atom. The molecule has 5 nitrogen and oxygen atoms in total. The van der Waals surface area contributed by atoms with Gasteiger partial charge in [-0.3, -0.25) is 14.5 Å². The zero-order valence-corrected chi connectivity index (χ0v) is 17.3. The van der Waals surface area contributed by atoms with Crippen LogP contribution >= 0.6 is 22.9 Å². The number of hydrogen-bond acceptors (Lipinski definition) is 4. The first-order valence-electron chi connectivity index (χ1n) is 9.12. The Bertz CT molecular complexity index is 733. The molecule has 0 saturated heterocycles. The zero-order chi connectivity index (χ0) is 19.6. The van der Waals surface area contributed by atoms with Gasteiger partial charge in [-0.25, -0.2) is 0 Å². The number of rotatable bonds is 10. The van der Waals surface area contributed by atoms with E-state index in [9.17, 15) is 9.59 Å². The van der Waals surface area contributed by atoms with E-state index in [1.807, 2.05) is 29.6 Å². The highest BCUT2D eigenvalue weighted by atomic mass is 35.5. The van der Waals surface area contributed by atoms with Crippen molar-refractivity contribution in [2.45, 2.75) is 26.3 Å². The molecule has 2 rings (SSSR count). The molecule has 27 heavy (non-hydrogen) atoms. The Morgan fingerprint density at radius 2 is 1.89 bits per heavy atom. The van der Waals surface area contributed by atoms with Crippen LogP contribution in [0.25, 0.3) is 0 Å². The van der Waals surface area contributed by atoms with Gasteiger partial charge in [-0.15, -0.1) is 0 Å². The molecule has 0 saturated carbocycles. The fourth-order valence-corrected chi connectivity index (χ4v) is 3.83. The van der Waals surface area contributed by atoms with Crippen molar-refractivity contribution in [3.05, 3.63) is 57.2 Å². The molecule has 0 bridgehead atoms. The van der Waals surface area contributed by atoms with Crippen LogP contribution in [0.3, 0.4) is 0 Å². The van der Waals surface area contributed by atoms with Gasteiger partial charge < -0.3 is 10.6 Å². The molecule has 1 aromatic heterocycles. The number of benzene rings is 1. The maximum absolute atomic E-state index is 12.2. The molecular formula is C20H26ClN3O2S. The van der Waals surface area contributed by atoms with Crippen molar-refractivity contribution in [1.29, 1.82) is 0 Å². The largest absolute Gasteiger partial charge is 0.354 e. The lowest BCUT2D eigenvalue weighted by atomic mass is 10.0. The molecule has 1 aromatic carbocycles. The van der Waals surface area contributed by atoms with E-state index < -0.39 is 0 Å². The molecule has 7 heteroatoms. The van der Waals surface area contributed by atoms with E-state index in [1.54, 1.807) is 11.4 Å². The van der Waals surface area contributed by atoms with Crippen molar-refractivity contribution in [3.8, 4) is 0 Å². The average Bonchev–Trinajstić information content (AvgIpc) is 3.21. The summed E-state index contributed by atoms with van der Waals surface area (Å²) in [6.45, 7) is 6.69. The minimum absolute atomic E-state index is 0.0121. The standard InChI is InChI=1S/C20H26ClN3O2S/c1-3-24(4-2)18(16-7-5-6-8-17(16)21)13-23-19(25)9-11-22-20(26)15-10-12-27-14-15/h5-8,10,12,14,18H,3-4,9,11,13H2,1-2H3,(H,22,26)(H,23,25)/t18-/m0/s1. The number of likely N-dealkylation sites (N-methyl/N-ethyl adjacent to an activating group) is 1. The SMILES string of the molecule is CCN(CC)[C@@H](CNC(=O)CCNC(=O)c1ccsc1)c1ccccc1Cl. The van der Waals surface area contributed by atoms with Crippen LogP contribution in [0, 0.1) is 0 Å². The lowest BCUT2D eigenvalue weighted by molar-refractivity contribution is -0.121. The maximum atomic E-state index is 12.2. The molecule has 2 aromatic rings. The van der Waals surface area contributed by atoms with Crippen LogP contribution in [-0.4, -0.2) is 42.9 Å². The van der Waals surface area contributed by atoms with Crippen LogP contribution < -0.4 is 10.6 Å². The van der Waals surface area contributed by atoms with E-state index in [-0.39, 0.29) is 24.3 Å². The molecule has 146 valence electrons. The van der Waals surface area contributed by atoms with E-state index in [0.717, 1.165) is 18.7 Å². The molecule has 2 N–H and O–H groups in total. The summed E-state index contributed by atoms with van der Waals surface area (Å²) < 4.78 is 0. The first kappa shape index (κ1) is 21.4. The summed E-state index contributed by atoms with van der Waals surface area (Å²) in [5.41, 5.74) is 1.63. The monoisotopic (exact) mass is 407 g/mol. The second-order valence-corrected chi connectivity index (χ2v) is 7.27. The van der Waals surface area contributed by atoms with Gasteiger partial charge in [0.05, 0.1) is 6.04 Å².